The van der Waals surface area contributed by atoms with Crippen molar-refractivity contribution in [2.24, 2.45) is 50.2 Å². The minimum absolute atomic E-state index is 0.00785. The molecule has 34 heavy (non-hydrogen) atoms. The van der Waals surface area contributed by atoms with Crippen molar-refractivity contribution in [1.29, 1.82) is 0 Å². The number of hydrogen-bond donors (Lipinski definition) is 3. The summed E-state index contributed by atoms with van der Waals surface area (Å²) >= 11 is 0. The van der Waals surface area contributed by atoms with Crippen molar-refractivity contribution in [3.63, 3.8) is 0 Å². The molecule has 0 spiro atoms. The molecule has 0 aromatic carbocycles. The van der Waals surface area contributed by atoms with Gasteiger partial charge < -0.3 is 15.3 Å². The van der Waals surface area contributed by atoms with Crippen LogP contribution in [-0.2, 0) is 4.79 Å². The first kappa shape index (κ1) is 24.8. The maximum atomic E-state index is 12.8. The number of carbonyl (C=O) groups is 1. The largest absolute Gasteiger partial charge is 0.481 e. The molecule has 4 heteroatoms. The molecule has 9 atom stereocenters. The van der Waals surface area contributed by atoms with Gasteiger partial charge in [0, 0.05) is 0 Å². The molecule has 0 heterocycles. The van der Waals surface area contributed by atoms with E-state index in [1.54, 1.807) is 0 Å². The molecule has 0 amide bonds. The average Bonchev–Trinajstić information content (AvgIpc) is 2.72. The van der Waals surface area contributed by atoms with Crippen LogP contribution < -0.4 is 0 Å². The SMILES string of the molecule is CC1(C)CC[C@]2(C(=O)O)CC[C@]3(C)C(=CC[C@H]4[C@@]5(C)C[C@H](O)[C@@H](O)C(C)(C)[C@@H]5CC[C@]43C)[C@@H]2C1. The summed E-state index contributed by atoms with van der Waals surface area (Å²) in [5, 5.41) is 32.4. The van der Waals surface area contributed by atoms with Gasteiger partial charge in [0.1, 0.15) is 0 Å². The van der Waals surface area contributed by atoms with Crippen LogP contribution in [0, 0.1) is 50.2 Å². The molecule has 4 fully saturated rings. The second-order valence-electron chi connectivity index (χ2n) is 15.2. The van der Waals surface area contributed by atoms with E-state index in [2.05, 4.69) is 54.5 Å². The molecule has 0 aromatic rings. The van der Waals surface area contributed by atoms with Crippen LogP contribution in [0.5, 0.6) is 0 Å². The van der Waals surface area contributed by atoms with Crippen LogP contribution in [0.3, 0.4) is 0 Å². The molecule has 3 N–H and O–H groups in total. The first-order chi connectivity index (χ1) is 15.6. The lowest BCUT2D eigenvalue weighted by molar-refractivity contribution is -0.231. The topological polar surface area (TPSA) is 77.8 Å². The van der Waals surface area contributed by atoms with Crippen LogP contribution in [0.15, 0.2) is 11.6 Å². The van der Waals surface area contributed by atoms with Gasteiger partial charge in [-0.1, -0.05) is 60.1 Å². The zero-order chi connectivity index (χ0) is 25.1. The third-order valence-corrected chi connectivity index (χ3v) is 13.0. The summed E-state index contributed by atoms with van der Waals surface area (Å²) < 4.78 is 0. The lowest BCUT2D eigenvalue weighted by Gasteiger charge is -2.71. The normalized spacial score (nSPS) is 53.4. The van der Waals surface area contributed by atoms with Crippen LogP contribution >= 0.6 is 0 Å². The van der Waals surface area contributed by atoms with Gasteiger partial charge in [0.2, 0.25) is 0 Å². The molecule has 0 saturated heterocycles. The summed E-state index contributed by atoms with van der Waals surface area (Å²) in [6.45, 7) is 16.3. The Bertz CT molecular complexity index is 919. The summed E-state index contributed by atoms with van der Waals surface area (Å²) in [7, 11) is 0. The van der Waals surface area contributed by atoms with E-state index in [4.69, 9.17) is 0 Å². The van der Waals surface area contributed by atoms with Crippen molar-refractivity contribution >= 4 is 5.97 Å². The number of fused-ring (bicyclic) bond motifs is 7. The van der Waals surface area contributed by atoms with Gasteiger partial charge in [-0.05, 0) is 103 Å². The monoisotopic (exact) mass is 472 g/mol. The molecule has 192 valence electrons. The van der Waals surface area contributed by atoms with Gasteiger partial charge >= 0.3 is 5.97 Å². The zero-order valence-electron chi connectivity index (χ0n) is 22.6. The highest BCUT2D eigenvalue weighted by atomic mass is 16.4. The van der Waals surface area contributed by atoms with E-state index in [1.165, 1.54) is 5.57 Å². The lowest BCUT2D eigenvalue weighted by atomic mass is 9.33. The quantitative estimate of drug-likeness (QED) is 0.397. The van der Waals surface area contributed by atoms with Gasteiger partial charge in [0.25, 0.3) is 0 Å². The third kappa shape index (κ3) is 2.88. The van der Waals surface area contributed by atoms with Crippen LogP contribution in [0.4, 0.5) is 0 Å². The second-order valence-corrected chi connectivity index (χ2v) is 15.2. The molecule has 5 rings (SSSR count). The number of aliphatic carboxylic acids is 1. The van der Waals surface area contributed by atoms with E-state index in [0.29, 0.717) is 18.3 Å². The van der Waals surface area contributed by atoms with E-state index in [1.807, 2.05) is 0 Å². The smallest absolute Gasteiger partial charge is 0.310 e. The van der Waals surface area contributed by atoms with Gasteiger partial charge in [0.05, 0.1) is 17.6 Å². The minimum Gasteiger partial charge on any atom is -0.481 e. The highest BCUT2D eigenvalue weighted by molar-refractivity contribution is 5.76. The summed E-state index contributed by atoms with van der Waals surface area (Å²) in [4.78, 5) is 12.8. The molecule has 5 aliphatic rings. The molecule has 0 bridgehead atoms. The number of carboxylic acids is 1. The molecule has 5 aliphatic carbocycles. The summed E-state index contributed by atoms with van der Waals surface area (Å²) in [6, 6.07) is 0. The Hall–Kier alpha value is -0.870. The van der Waals surface area contributed by atoms with Gasteiger partial charge in [-0.25, -0.2) is 0 Å². The van der Waals surface area contributed by atoms with Crippen molar-refractivity contribution in [3.05, 3.63) is 11.6 Å². The van der Waals surface area contributed by atoms with Crippen LogP contribution in [0.2, 0.25) is 0 Å². The molecule has 0 radical (unpaired) electrons. The van der Waals surface area contributed by atoms with Crippen molar-refractivity contribution in [2.75, 3.05) is 0 Å². The number of rotatable bonds is 1. The predicted octanol–water partition coefficient (Wildman–Crippen LogP) is 6.20. The number of hydrogen-bond acceptors (Lipinski definition) is 3. The average molecular weight is 473 g/mol. The molecule has 0 unspecified atom stereocenters. The lowest BCUT2D eigenvalue weighted by Crippen LogP contribution is -2.67. The van der Waals surface area contributed by atoms with E-state index in [-0.39, 0.29) is 33.0 Å². The maximum Gasteiger partial charge on any atom is 0.310 e. The Morgan fingerprint density at radius 3 is 2.18 bits per heavy atom. The van der Waals surface area contributed by atoms with Gasteiger partial charge in [-0.2, -0.15) is 0 Å². The van der Waals surface area contributed by atoms with E-state index in [0.717, 1.165) is 51.4 Å². The van der Waals surface area contributed by atoms with E-state index in [9.17, 15) is 20.1 Å². The molecule has 4 saturated carbocycles. The number of aliphatic hydroxyl groups excluding tert-OH is 2. The summed E-state index contributed by atoms with van der Waals surface area (Å²) in [6.07, 6.45) is 9.45. The fraction of sp³-hybridized carbons (Fsp3) is 0.900. The van der Waals surface area contributed by atoms with Gasteiger partial charge in [-0.3, -0.25) is 4.79 Å². The third-order valence-electron chi connectivity index (χ3n) is 13.0. The van der Waals surface area contributed by atoms with Crippen molar-refractivity contribution < 1.29 is 20.1 Å². The Morgan fingerprint density at radius 2 is 1.53 bits per heavy atom. The fourth-order valence-corrected chi connectivity index (χ4v) is 10.8. The molecule has 0 aromatic heterocycles. The van der Waals surface area contributed by atoms with Crippen molar-refractivity contribution in [2.45, 2.75) is 118 Å². The first-order valence-electron chi connectivity index (χ1n) is 13.9. The van der Waals surface area contributed by atoms with Gasteiger partial charge in [0.15, 0.2) is 0 Å². The van der Waals surface area contributed by atoms with Gasteiger partial charge in [-0.15, -0.1) is 0 Å². The Balaban J connectivity index is 1.61. The molecular formula is C30H48O4. The molecule has 4 nitrogen and oxygen atoms in total. The van der Waals surface area contributed by atoms with Crippen molar-refractivity contribution in [3.8, 4) is 0 Å². The Morgan fingerprint density at radius 1 is 0.882 bits per heavy atom. The second kappa shape index (κ2) is 7.12. The first-order valence-corrected chi connectivity index (χ1v) is 13.9. The fourth-order valence-electron chi connectivity index (χ4n) is 10.8. The van der Waals surface area contributed by atoms with Crippen LogP contribution in [0.25, 0.3) is 0 Å². The number of carboxylic acid groups (broad SMARTS) is 1. The predicted molar refractivity (Wildman–Crippen MR) is 134 cm³/mol. The van der Waals surface area contributed by atoms with Crippen LogP contribution in [-0.4, -0.2) is 33.5 Å². The minimum atomic E-state index is -0.679. The summed E-state index contributed by atoms with van der Waals surface area (Å²) in [5.74, 6) is 0.365. The highest BCUT2D eigenvalue weighted by Gasteiger charge is 2.70. The van der Waals surface area contributed by atoms with Crippen LogP contribution in [0.1, 0.15) is 106 Å². The Labute approximate surface area is 206 Å². The number of allylic oxidation sites excluding steroid dienone is 2. The summed E-state index contributed by atoms with van der Waals surface area (Å²) in [5.41, 5.74) is 0.754. The Kier molecular flexibility index (Phi) is 5.20. The molecule has 0 aliphatic heterocycles. The van der Waals surface area contributed by atoms with E-state index < -0.39 is 23.6 Å². The highest BCUT2D eigenvalue weighted by Crippen LogP contribution is 2.75. The molecular weight excluding hydrogens is 424 g/mol. The zero-order valence-corrected chi connectivity index (χ0v) is 22.6. The van der Waals surface area contributed by atoms with Crippen molar-refractivity contribution in [1.82, 2.24) is 0 Å². The maximum absolute atomic E-state index is 12.8. The van der Waals surface area contributed by atoms with E-state index >= 15 is 0 Å². The standard InChI is InChI=1S/C30H48O4/c1-25(2)12-14-30(24(33)34)15-13-28(6)18(19(30)16-25)8-9-22-27(5)17-20(31)23(32)26(3,4)21(27)10-11-29(22,28)7/h8,19-23,31-32H,9-17H2,1-7H3,(H,33,34)/t19-,20-,21-,22-,23+,27-,28+,29+,30-/m0/s1. The number of aliphatic hydroxyl groups is 2.